The van der Waals surface area contributed by atoms with E-state index in [1.54, 1.807) is 24.3 Å². The van der Waals surface area contributed by atoms with Crippen molar-refractivity contribution in [3.05, 3.63) is 63.9 Å². The van der Waals surface area contributed by atoms with Gasteiger partial charge in [0.25, 0.3) is 0 Å². The normalized spacial score (nSPS) is 12.2. The highest BCUT2D eigenvalue weighted by Gasteiger charge is 2.08. The van der Waals surface area contributed by atoms with Crippen LogP contribution in [0.5, 0.6) is 0 Å². The maximum Gasteiger partial charge on any atom is 0.123 e. The average Bonchev–Trinajstić information content (AvgIpc) is 2.33. The molecule has 0 aliphatic heterocycles. The maximum absolute atomic E-state index is 12.8. The Labute approximate surface area is 116 Å². The van der Waals surface area contributed by atoms with Crippen molar-refractivity contribution < 1.29 is 4.39 Å². The van der Waals surface area contributed by atoms with Gasteiger partial charge in [0, 0.05) is 11.1 Å². The molecule has 18 heavy (non-hydrogen) atoms. The van der Waals surface area contributed by atoms with E-state index in [1.165, 1.54) is 12.1 Å². The van der Waals surface area contributed by atoms with E-state index < -0.39 is 0 Å². The van der Waals surface area contributed by atoms with Crippen LogP contribution in [0.2, 0.25) is 10.0 Å². The average molecular weight is 284 g/mol. The van der Waals surface area contributed by atoms with Gasteiger partial charge in [0.2, 0.25) is 0 Å². The number of anilines is 1. The van der Waals surface area contributed by atoms with Gasteiger partial charge in [-0.05, 0) is 42.8 Å². The zero-order valence-electron chi connectivity index (χ0n) is 9.75. The molecule has 1 N–H and O–H groups in total. The Morgan fingerprint density at radius 1 is 1.06 bits per heavy atom. The largest absolute Gasteiger partial charge is 0.377 e. The minimum absolute atomic E-state index is 0.0317. The zero-order valence-corrected chi connectivity index (χ0v) is 11.3. The van der Waals surface area contributed by atoms with E-state index in [1.807, 2.05) is 13.0 Å². The number of hydrogen-bond acceptors (Lipinski definition) is 1. The molecule has 2 rings (SSSR count). The molecule has 0 heterocycles. The van der Waals surface area contributed by atoms with E-state index in [9.17, 15) is 4.39 Å². The van der Waals surface area contributed by atoms with Gasteiger partial charge >= 0.3 is 0 Å². The van der Waals surface area contributed by atoms with Gasteiger partial charge in [0.05, 0.1) is 10.7 Å². The van der Waals surface area contributed by atoms with Crippen molar-refractivity contribution in [3.8, 4) is 0 Å². The van der Waals surface area contributed by atoms with E-state index in [0.29, 0.717) is 10.0 Å². The van der Waals surface area contributed by atoms with Crippen LogP contribution in [0.1, 0.15) is 18.5 Å². The minimum Gasteiger partial charge on any atom is -0.377 e. The lowest BCUT2D eigenvalue weighted by molar-refractivity contribution is 0.626. The van der Waals surface area contributed by atoms with Crippen LogP contribution in [0.4, 0.5) is 10.1 Å². The maximum atomic E-state index is 12.8. The van der Waals surface area contributed by atoms with Crippen LogP contribution >= 0.6 is 23.2 Å². The summed E-state index contributed by atoms with van der Waals surface area (Å²) in [5, 5.41) is 4.42. The van der Waals surface area contributed by atoms with Gasteiger partial charge in [0.15, 0.2) is 0 Å². The van der Waals surface area contributed by atoms with Gasteiger partial charge in [-0.2, -0.15) is 0 Å². The molecule has 2 aromatic rings. The first-order chi connectivity index (χ1) is 8.56. The molecule has 4 heteroatoms. The predicted octanol–water partition coefficient (Wildman–Crippen LogP) is 5.31. The fraction of sp³-hybridized carbons (Fsp3) is 0.143. The quantitative estimate of drug-likeness (QED) is 0.805. The van der Waals surface area contributed by atoms with Gasteiger partial charge in [-0.15, -0.1) is 0 Å². The molecule has 1 unspecified atom stereocenters. The van der Waals surface area contributed by atoms with E-state index in [0.717, 1.165) is 11.3 Å². The third kappa shape index (κ3) is 3.15. The van der Waals surface area contributed by atoms with Crippen LogP contribution in [0.15, 0.2) is 42.5 Å². The monoisotopic (exact) mass is 283 g/mol. The Morgan fingerprint density at radius 3 is 2.33 bits per heavy atom. The van der Waals surface area contributed by atoms with Gasteiger partial charge in [-0.3, -0.25) is 0 Å². The molecule has 1 nitrogen and oxygen atoms in total. The van der Waals surface area contributed by atoms with Crippen molar-refractivity contribution in [2.45, 2.75) is 13.0 Å². The summed E-state index contributed by atoms with van der Waals surface area (Å²) in [6.45, 7) is 1.98. The van der Waals surface area contributed by atoms with Crippen molar-refractivity contribution in [3.63, 3.8) is 0 Å². The van der Waals surface area contributed by atoms with Crippen molar-refractivity contribution >= 4 is 28.9 Å². The number of halogens is 3. The molecule has 0 spiro atoms. The van der Waals surface area contributed by atoms with Crippen molar-refractivity contribution in [1.82, 2.24) is 0 Å². The Kier molecular flexibility index (Phi) is 4.10. The SMILES string of the molecule is CC(Nc1ccc(Cl)cc1Cl)c1ccc(F)cc1. The van der Waals surface area contributed by atoms with Crippen LogP contribution < -0.4 is 5.32 Å². The van der Waals surface area contributed by atoms with E-state index in [4.69, 9.17) is 23.2 Å². The van der Waals surface area contributed by atoms with Gasteiger partial charge in [0.1, 0.15) is 5.82 Å². The van der Waals surface area contributed by atoms with Crippen molar-refractivity contribution in [2.75, 3.05) is 5.32 Å². The summed E-state index contributed by atoms with van der Waals surface area (Å²) in [7, 11) is 0. The molecule has 0 aliphatic carbocycles. The minimum atomic E-state index is -0.240. The number of hydrogen-bond donors (Lipinski definition) is 1. The summed E-state index contributed by atoms with van der Waals surface area (Å²) < 4.78 is 12.8. The summed E-state index contributed by atoms with van der Waals surface area (Å²) in [5.74, 6) is -0.240. The molecule has 1 atom stereocenters. The summed E-state index contributed by atoms with van der Waals surface area (Å²) in [6, 6.07) is 11.7. The number of rotatable bonds is 3. The molecule has 0 amide bonds. The predicted molar refractivity (Wildman–Crippen MR) is 74.9 cm³/mol. The van der Waals surface area contributed by atoms with Crippen LogP contribution in [0.3, 0.4) is 0 Å². The molecule has 94 valence electrons. The molecular weight excluding hydrogens is 272 g/mol. The highest BCUT2D eigenvalue weighted by Crippen LogP contribution is 2.28. The second-order valence-electron chi connectivity index (χ2n) is 4.04. The third-order valence-corrected chi connectivity index (χ3v) is 3.22. The first kappa shape index (κ1) is 13.2. The van der Waals surface area contributed by atoms with Gasteiger partial charge in [-0.25, -0.2) is 4.39 Å². The lowest BCUT2D eigenvalue weighted by atomic mass is 10.1. The highest BCUT2D eigenvalue weighted by atomic mass is 35.5. The molecule has 0 radical (unpaired) electrons. The molecule has 2 aromatic carbocycles. The molecule has 0 saturated heterocycles. The molecule has 0 saturated carbocycles. The second kappa shape index (κ2) is 5.59. The number of benzene rings is 2. The van der Waals surface area contributed by atoms with Crippen molar-refractivity contribution in [2.24, 2.45) is 0 Å². The first-order valence-electron chi connectivity index (χ1n) is 5.53. The van der Waals surface area contributed by atoms with Crippen LogP contribution in [0, 0.1) is 5.82 Å². The van der Waals surface area contributed by atoms with Crippen molar-refractivity contribution in [1.29, 1.82) is 0 Å². The summed E-state index contributed by atoms with van der Waals surface area (Å²) in [4.78, 5) is 0. The molecule has 0 bridgehead atoms. The summed E-state index contributed by atoms with van der Waals surface area (Å²) in [6.07, 6.45) is 0. The Morgan fingerprint density at radius 2 is 1.72 bits per heavy atom. The first-order valence-corrected chi connectivity index (χ1v) is 6.29. The zero-order chi connectivity index (χ0) is 13.1. The fourth-order valence-electron chi connectivity index (χ4n) is 1.67. The smallest absolute Gasteiger partial charge is 0.123 e. The fourth-order valence-corrected chi connectivity index (χ4v) is 2.14. The Bertz CT molecular complexity index is 540. The highest BCUT2D eigenvalue weighted by molar-refractivity contribution is 6.36. The van der Waals surface area contributed by atoms with Crippen LogP contribution in [-0.4, -0.2) is 0 Å². The van der Waals surface area contributed by atoms with E-state index >= 15 is 0 Å². The van der Waals surface area contributed by atoms with E-state index in [-0.39, 0.29) is 11.9 Å². The van der Waals surface area contributed by atoms with Gasteiger partial charge in [-0.1, -0.05) is 35.3 Å². The third-order valence-electron chi connectivity index (χ3n) is 2.67. The molecule has 0 aliphatic rings. The lowest BCUT2D eigenvalue weighted by Gasteiger charge is -2.16. The molecular formula is C14H12Cl2FN. The van der Waals surface area contributed by atoms with Gasteiger partial charge < -0.3 is 5.32 Å². The van der Waals surface area contributed by atoms with Crippen LogP contribution in [0.25, 0.3) is 0 Å². The Hall–Kier alpha value is -1.25. The number of nitrogens with one attached hydrogen (secondary N) is 1. The molecule has 0 fully saturated rings. The van der Waals surface area contributed by atoms with Crippen LogP contribution in [-0.2, 0) is 0 Å². The molecule has 0 aromatic heterocycles. The van der Waals surface area contributed by atoms with E-state index in [2.05, 4.69) is 5.32 Å². The topological polar surface area (TPSA) is 12.0 Å². The lowest BCUT2D eigenvalue weighted by Crippen LogP contribution is -2.06. The standard InChI is InChI=1S/C14H12Cl2FN/c1-9(10-2-5-12(17)6-3-10)18-14-7-4-11(15)8-13(14)16/h2-9,18H,1H3. The second-order valence-corrected chi connectivity index (χ2v) is 4.89. The summed E-state index contributed by atoms with van der Waals surface area (Å²) in [5.41, 5.74) is 1.79. The Balaban J connectivity index is 2.15. The summed E-state index contributed by atoms with van der Waals surface area (Å²) >= 11 is 11.9.